The van der Waals surface area contributed by atoms with E-state index in [0.717, 1.165) is 5.56 Å². The average Bonchev–Trinajstić information content (AvgIpc) is 2.02. The third-order valence-electron chi connectivity index (χ3n) is 1.67. The molecule has 0 aliphatic carbocycles. The van der Waals surface area contributed by atoms with Gasteiger partial charge in [0.2, 0.25) is 0 Å². The quantitative estimate of drug-likeness (QED) is 0.694. The zero-order valence-electron chi connectivity index (χ0n) is 8.41. The van der Waals surface area contributed by atoms with E-state index in [1.54, 1.807) is 12.1 Å². The SMILES string of the molecule is CC(C)(C)/C=C/c1ccc(O)cc1. The van der Waals surface area contributed by atoms with Crippen LogP contribution < -0.4 is 0 Å². The van der Waals surface area contributed by atoms with Gasteiger partial charge in [0.05, 0.1) is 0 Å². The van der Waals surface area contributed by atoms with Gasteiger partial charge in [-0.3, -0.25) is 0 Å². The van der Waals surface area contributed by atoms with Crippen LogP contribution in [0, 0.1) is 5.41 Å². The summed E-state index contributed by atoms with van der Waals surface area (Å²) in [5, 5.41) is 9.06. The number of hydrogen-bond donors (Lipinski definition) is 1. The van der Waals surface area contributed by atoms with E-state index in [1.165, 1.54) is 0 Å². The normalized spacial score (nSPS) is 12.2. The summed E-state index contributed by atoms with van der Waals surface area (Å²) < 4.78 is 0. The van der Waals surface area contributed by atoms with Crippen molar-refractivity contribution in [2.75, 3.05) is 0 Å². The predicted molar refractivity (Wildman–Crippen MR) is 56.6 cm³/mol. The van der Waals surface area contributed by atoms with Gasteiger partial charge >= 0.3 is 0 Å². The lowest BCUT2D eigenvalue weighted by molar-refractivity contribution is 0.475. The summed E-state index contributed by atoms with van der Waals surface area (Å²) in [4.78, 5) is 0. The highest BCUT2D eigenvalue weighted by molar-refractivity contribution is 5.51. The first-order valence-electron chi connectivity index (χ1n) is 4.46. The van der Waals surface area contributed by atoms with Gasteiger partial charge in [0, 0.05) is 0 Å². The number of allylic oxidation sites excluding steroid dienone is 1. The molecule has 1 aromatic rings. The highest BCUT2D eigenvalue weighted by Crippen LogP contribution is 2.18. The van der Waals surface area contributed by atoms with Crippen molar-refractivity contribution in [1.29, 1.82) is 0 Å². The first-order chi connectivity index (χ1) is 5.97. The Bertz CT molecular complexity index is 288. The van der Waals surface area contributed by atoms with Crippen molar-refractivity contribution in [3.8, 4) is 5.75 Å². The molecule has 0 atom stereocenters. The van der Waals surface area contributed by atoms with Gasteiger partial charge in [-0.1, -0.05) is 45.1 Å². The summed E-state index contributed by atoms with van der Waals surface area (Å²) >= 11 is 0. The van der Waals surface area contributed by atoms with Gasteiger partial charge in [0.15, 0.2) is 0 Å². The van der Waals surface area contributed by atoms with Gasteiger partial charge in [0.25, 0.3) is 0 Å². The number of rotatable bonds is 1. The fourth-order valence-corrected chi connectivity index (χ4v) is 0.932. The molecule has 0 bridgehead atoms. The van der Waals surface area contributed by atoms with Crippen LogP contribution in [0.5, 0.6) is 5.75 Å². The van der Waals surface area contributed by atoms with Crippen molar-refractivity contribution in [3.05, 3.63) is 35.9 Å². The van der Waals surface area contributed by atoms with E-state index in [9.17, 15) is 0 Å². The second kappa shape index (κ2) is 3.65. The number of benzene rings is 1. The lowest BCUT2D eigenvalue weighted by atomic mass is 9.95. The summed E-state index contributed by atoms with van der Waals surface area (Å²) in [6.07, 6.45) is 4.22. The van der Waals surface area contributed by atoms with Crippen LogP contribution in [-0.2, 0) is 0 Å². The Morgan fingerprint density at radius 2 is 1.62 bits per heavy atom. The van der Waals surface area contributed by atoms with Crippen LogP contribution in [0.2, 0.25) is 0 Å². The van der Waals surface area contributed by atoms with Crippen LogP contribution in [-0.4, -0.2) is 5.11 Å². The second-order valence-corrected chi connectivity index (χ2v) is 4.29. The summed E-state index contributed by atoms with van der Waals surface area (Å²) in [6.45, 7) is 6.47. The molecule has 70 valence electrons. The molecule has 0 heterocycles. The van der Waals surface area contributed by atoms with E-state index in [4.69, 9.17) is 5.11 Å². The number of phenols is 1. The lowest BCUT2D eigenvalue weighted by Gasteiger charge is -2.10. The molecule has 1 N–H and O–H groups in total. The zero-order valence-corrected chi connectivity index (χ0v) is 8.41. The third kappa shape index (κ3) is 3.79. The summed E-state index contributed by atoms with van der Waals surface area (Å²) in [6, 6.07) is 7.19. The van der Waals surface area contributed by atoms with Crippen LogP contribution in [0.3, 0.4) is 0 Å². The van der Waals surface area contributed by atoms with Gasteiger partial charge in [-0.2, -0.15) is 0 Å². The van der Waals surface area contributed by atoms with Gasteiger partial charge in [0.1, 0.15) is 5.75 Å². The number of hydrogen-bond acceptors (Lipinski definition) is 1. The monoisotopic (exact) mass is 176 g/mol. The molecule has 1 aromatic carbocycles. The van der Waals surface area contributed by atoms with Crippen molar-refractivity contribution in [3.63, 3.8) is 0 Å². The molecule has 1 nitrogen and oxygen atoms in total. The third-order valence-corrected chi connectivity index (χ3v) is 1.67. The summed E-state index contributed by atoms with van der Waals surface area (Å²) in [5.74, 6) is 0.313. The Hall–Kier alpha value is -1.24. The highest BCUT2D eigenvalue weighted by atomic mass is 16.3. The molecule has 13 heavy (non-hydrogen) atoms. The Kier molecular flexibility index (Phi) is 2.76. The first-order valence-corrected chi connectivity index (χ1v) is 4.46. The van der Waals surface area contributed by atoms with Gasteiger partial charge < -0.3 is 5.11 Å². The molecule has 0 aliphatic rings. The molecule has 0 aromatic heterocycles. The summed E-state index contributed by atoms with van der Waals surface area (Å²) in [5.41, 5.74) is 1.32. The van der Waals surface area contributed by atoms with Crippen LogP contribution >= 0.6 is 0 Å². The van der Waals surface area contributed by atoms with E-state index in [-0.39, 0.29) is 5.41 Å². The van der Waals surface area contributed by atoms with Crippen LogP contribution in [0.1, 0.15) is 26.3 Å². The maximum absolute atomic E-state index is 9.06. The lowest BCUT2D eigenvalue weighted by Crippen LogP contribution is -1.97. The maximum Gasteiger partial charge on any atom is 0.115 e. The fourth-order valence-electron chi connectivity index (χ4n) is 0.932. The van der Waals surface area contributed by atoms with Crippen LogP contribution in [0.15, 0.2) is 30.3 Å². The molecular formula is C12H16O. The standard InChI is InChI=1S/C12H16O/c1-12(2,3)9-8-10-4-6-11(13)7-5-10/h4-9,13H,1-3H3/b9-8+. The highest BCUT2D eigenvalue weighted by Gasteiger charge is 2.02. The second-order valence-electron chi connectivity index (χ2n) is 4.29. The molecule has 0 unspecified atom stereocenters. The van der Waals surface area contributed by atoms with E-state index < -0.39 is 0 Å². The van der Waals surface area contributed by atoms with E-state index >= 15 is 0 Å². The van der Waals surface area contributed by atoms with E-state index in [2.05, 4.69) is 32.9 Å². The summed E-state index contributed by atoms with van der Waals surface area (Å²) in [7, 11) is 0. The van der Waals surface area contributed by atoms with Crippen molar-refractivity contribution >= 4 is 6.08 Å². The largest absolute Gasteiger partial charge is 0.508 e. The van der Waals surface area contributed by atoms with Crippen LogP contribution in [0.25, 0.3) is 6.08 Å². The van der Waals surface area contributed by atoms with Gasteiger partial charge in [-0.15, -0.1) is 0 Å². The minimum atomic E-state index is 0.206. The Morgan fingerprint density at radius 3 is 2.08 bits per heavy atom. The average molecular weight is 176 g/mol. The Labute approximate surface area is 79.7 Å². The minimum absolute atomic E-state index is 0.206. The molecule has 1 rings (SSSR count). The zero-order chi connectivity index (χ0) is 9.90. The van der Waals surface area contributed by atoms with Gasteiger partial charge in [-0.05, 0) is 23.1 Å². The molecule has 0 amide bonds. The van der Waals surface area contributed by atoms with Crippen molar-refractivity contribution in [1.82, 2.24) is 0 Å². The van der Waals surface area contributed by atoms with Crippen molar-refractivity contribution in [2.45, 2.75) is 20.8 Å². The molecule has 0 saturated heterocycles. The Balaban J connectivity index is 2.75. The van der Waals surface area contributed by atoms with Gasteiger partial charge in [-0.25, -0.2) is 0 Å². The van der Waals surface area contributed by atoms with Crippen LogP contribution in [0.4, 0.5) is 0 Å². The molecule has 0 spiro atoms. The topological polar surface area (TPSA) is 20.2 Å². The predicted octanol–water partition coefficient (Wildman–Crippen LogP) is 3.45. The number of phenolic OH excluding ortho intramolecular Hbond substituents is 1. The number of aromatic hydroxyl groups is 1. The maximum atomic E-state index is 9.06. The smallest absolute Gasteiger partial charge is 0.115 e. The minimum Gasteiger partial charge on any atom is -0.508 e. The Morgan fingerprint density at radius 1 is 1.08 bits per heavy atom. The molecular weight excluding hydrogens is 160 g/mol. The first kappa shape index (κ1) is 9.85. The molecule has 0 radical (unpaired) electrons. The van der Waals surface area contributed by atoms with Crippen molar-refractivity contribution < 1.29 is 5.11 Å². The molecule has 0 aliphatic heterocycles. The van der Waals surface area contributed by atoms with E-state index in [0.29, 0.717) is 5.75 Å². The fraction of sp³-hybridized carbons (Fsp3) is 0.333. The van der Waals surface area contributed by atoms with Crippen molar-refractivity contribution in [2.24, 2.45) is 5.41 Å². The molecule has 1 heteroatoms. The molecule has 0 saturated carbocycles. The molecule has 0 fully saturated rings. The van der Waals surface area contributed by atoms with E-state index in [1.807, 2.05) is 12.1 Å².